The summed E-state index contributed by atoms with van der Waals surface area (Å²) in [6, 6.07) is 5.33. The molecule has 1 aromatic heterocycles. The minimum Gasteiger partial charge on any atom is -0.496 e. The van der Waals surface area contributed by atoms with E-state index in [0.29, 0.717) is 12.1 Å². The maximum atomic E-state index is 10.8. The fourth-order valence-electron chi connectivity index (χ4n) is 1.87. The van der Waals surface area contributed by atoms with Gasteiger partial charge in [0.15, 0.2) is 0 Å². The first-order valence-electron chi connectivity index (χ1n) is 5.64. The fraction of sp³-hybridized carbons (Fsp3) is 0.308. The average Bonchev–Trinajstić information content (AvgIpc) is 2.67. The van der Waals surface area contributed by atoms with E-state index in [-0.39, 0.29) is 0 Å². The van der Waals surface area contributed by atoms with Crippen LogP contribution in [0.3, 0.4) is 0 Å². The third-order valence-corrected chi connectivity index (χ3v) is 2.72. The molecule has 1 aromatic carbocycles. The maximum absolute atomic E-state index is 10.8. The van der Waals surface area contributed by atoms with Gasteiger partial charge in [-0.2, -0.15) is 5.10 Å². The Hall–Kier alpha value is -2.17. The molecule has 0 aliphatic heterocycles. The zero-order chi connectivity index (χ0) is 13.1. The highest BCUT2D eigenvalue weighted by atomic mass is 16.5. The molecule has 0 unspecified atom stereocenters. The molecule has 5 nitrogen and oxygen atoms in total. The average molecular weight is 245 g/mol. The lowest BCUT2D eigenvalue weighted by molar-refractivity contribution is 0.112. The van der Waals surface area contributed by atoms with Gasteiger partial charge in [0.1, 0.15) is 23.7 Å². The molecule has 0 N–H and O–H groups in total. The zero-order valence-electron chi connectivity index (χ0n) is 10.7. The highest BCUT2D eigenvalue weighted by molar-refractivity contribution is 5.75. The summed E-state index contributed by atoms with van der Waals surface area (Å²) in [6.45, 7) is 4.29. The Labute approximate surface area is 105 Å². The number of aryl methyl sites for hydroxylation is 2. The van der Waals surface area contributed by atoms with Crippen molar-refractivity contribution in [2.45, 2.75) is 20.4 Å². The van der Waals surface area contributed by atoms with Crippen LogP contribution in [0.2, 0.25) is 0 Å². The van der Waals surface area contributed by atoms with E-state index in [2.05, 4.69) is 10.1 Å². The summed E-state index contributed by atoms with van der Waals surface area (Å²) in [6.07, 6.45) is 0.822. The summed E-state index contributed by atoms with van der Waals surface area (Å²) < 4.78 is 7.08. The summed E-state index contributed by atoms with van der Waals surface area (Å²) in [7, 11) is 1.61. The van der Waals surface area contributed by atoms with Crippen LogP contribution in [0.5, 0.6) is 5.75 Å². The number of aldehydes is 1. The van der Waals surface area contributed by atoms with Crippen molar-refractivity contribution in [2.24, 2.45) is 0 Å². The second kappa shape index (κ2) is 5.00. The minimum atomic E-state index is 0.539. The summed E-state index contributed by atoms with van der Waals surface area (Å²) >= 11 is 0. The number of aromatic nitrogens is 3. The number of hydrogen-bond donors (Lipinski definition) is 0. The Bertz CT molecular complexity index is 576. The second-order valence-corrected chi connectivity index (χ2v) is 4.05. The van der Waals surface area contributed by atoms with Crippen LogP contribution in [0.1, 0.15) is 27.6 Å². The number of ether oxygens (including phenoxy) is 1. The van der Waals surface area contributed by atoms with Crippen LogP contribution in [-0.2, 0) is 6.54 Å². The molecule has 0 saturated heterocycles. The van der Waals surface area contributed by atoms with Crippen LogP contribution in [0.15, 0.2) is 18.2 Å². The number of hydrogen-bond acceptors (Lipinski definition) is 4. The second-order valence-electron chi connectivity index (χ2n) is 4.05. The molecule has 0 fully saturated rings. The zero-order valence-corrected chi connectivity index (χ0v) is 10.7. The third-order valence-electron chi connectivity index (χ3n) is 2.72. The molecule has 1 heterocycles. The molecule has 2 rings (SSSR count). The lowest BCUT2D eigenvalue weighted by Crippen LogP contribution is -2.06. The van der Waals surface area contributed by atoms with Crippen molar-refractivity contribution in [1.82, 2.24) is 14.8 Å². The Morgan fingerprint density at radius 1 is 1.39 bits per heavy atom. The largest absolute Gasteiger partial charge is 0.496 e. The standard InChI is InChI=1S/C13H15N3O2/c1-9-14-10(2)16(15-9)7-12-6-11(8-17)4-5-13(12)18-3/h4-6,8H,7H2,1-3H3. The number of carbonyl (C=O) groups excluding carboxylic acids is 1. The molecule has 0 aliphatic carbocycles. The SMILES string of the molecule is COc1ccc(C=O)cc1Cn1nc(C)nc1C. The van der Waals surface area contributed by atoms with Gasteiger partial charge in [-0.1, -0.05) is 0 Å². The Morgan fingerprint density at radius 2 is 2.17 bits per heavy atom. The summed E-state index contributed by atoms with van der Waals surface area (Å²) in [4.78, 5) is 15.1. The summed E-state index contributed by atoms with van der Waals surface area (Å²) in [5.74, 6) is 2.32. The van der Waals surface area contributed by atoms with Gasteiger partial charge in [0.2, 0.25) is 0 Å². The normalized spacial score (nSPS) is 10.4. The van der Waals surface area contributed by atoms with Crippen molar-refractivity contribution in [2.75, 3.05) is 7.11 Å². The van der Waals surface area contributed by atoms with E-state index in [9.17, 15) is 4.79 Å². The van der Waals surface area contributed by atoms with Gasteiger partial charge in [-0.05, 0) is 32.0 Å². The van der Waals surface area contributed by atoms with E-state index < -0.39 is 0 Å². The lowest BCUT2D eigenvalue weighted by atomic mass is 10.1. The minimum absolute atomic E-state index is 0.539. The Kier molecular flexibility index (Phi) is 3.41. The van der Waals surface area contributed by atoms with Crippen LogP contribution in [-0.4, -0.2) is 28.2 Å². The van der Waals surface area contributed by atoms with Crippen molar-refractivity contribution < 1.29 is 9.53 Å². The Balaban J connectivity index is 2.37. The van der Waals surface area contributed by atoms with Crippen LogP contribution in [0, 0.1) is 13.8 Å². The predicted molar refractivity (Wildman–Crippen MR) is 67.0 cm³/mol. The van der Waals surface area contributed by atoms with E-state index in [0.717, 1.165) is 29.2 Å². The van der Waals surface area contributed by atoms with Gasteiger partial charge in [-0.3, -0.25) is 4.79 Å². The highest BCUT2D eigenvalue weighted by Crippen LogP contribution is 2.20. The third kappa shape index (κ3) is 2.40. The Morgan fingerprint density at radius 3 is 2.72 bits per heavy atom. The summed E-state index contributed by atoms with van der Waals surface area (Å²) in [5, 5.41) is 4.30. The van der Waals surface area contributed by atoms with E-state index in [1.807, 2.05) is 19.9 Å². The van der Waals surface area contributed by atoms with Crippen molar-refractivity contribution >= 4 is 6.29 Å². The summed E-state index contributed by atoms with van der Waals surface area (Å²) in [5.41, 5.74) is 1.54. The molecule has 18 heavy (non-hydrogen) atoms. The molecular formula is C13H15N3O2. The number of nitrogens with zero attached hydrogens (tertiary/aromatic N) is 3. The quantitative estimate of drug-likeness (QED) is 0.770. The maximum Gasteiger partial charge on any atom is 0.150 e. The van der Waals surface area contributed by atoms with Gasteiger partial charge < -0.3 is 4.74 Å². The number of carbonyl (C=O) groups is 1. The predicted octanol–water partition coefficient (Wildman–Crippen LogP) is 1.76. The first-order chi connectivity index (χ1) is 8.63. The van der Waals surface area contributed by atoms with Crippen molar-refractivity contribution in [1.29, 1.82) is 0 Å². The molecule has 0 radical (unpaired) electrons. The molecule has 5 heteroatoms. The monoisotopic (exact) mass is 245 g/mol. The number of benzene rings is 1. The molecule has 0 amide bonds. The van der Waals surface area contributed by atoms with E-state index in [1.165, 1.54) is 0 Å². The van der Waals surface area contributed by atoms with Gasteiger partial charge in [0.05, 0.1) is 13.7 Å². The van der Waals surface area contributed by atoms with Crippen molar-refractivity contribution in [3.63, 3.8) is 0 Å². The van der Waals surface area contributed by atoms with E-state index in [4.69, 9.17) is 4.74 Å². The topological polar surface area (TPSA) is 57.0 Å². The van der Waals surface area contributed by atoms with E-state index in [1.54, 1.807) is 23.9 Å². The first-order valence-corrected chi connectivity index (χ1v) is 5.64. The van der Waals surface area contributed by atoms with Crippen LogP contribution < -0.4 is 4.74 Å². The lowest BCUT2D eigenvalue weighted by Gasteiger charge is -2.09. The molecule has 0 saturated carbocycles. The molecule has 2 aromatic rings. The van der Waals surface area contributed by atoms with Crippen molar-refractivity contribution in [3.05, 3.63) is 41.0 Å². The van der Waals surface area contributed by atoms with Crippen molar-refractivity contribution in [3.8, 4) is 5.75 Å². The first kappa shape index (κ1) is 12.3. The fourth-order valence-corrected chi connectivity index (χ4v) is 1.87. The highest BCUT2D eigenvalue weighted by Gasteiger charge is 2.08. The smallest absolute Gasteiger partial charge is 0.150 e. The molecular weight excluding hydrogens is 230 g/mol. The number of rotatable bonds is 4. The molecule has 0 atom stereocenters. The van der Waals surface area contributed by atoms with Gasteiger partial charge in [0, 0.05) is 11.1 Å². The molecule has 0 bridgehead atoms. The number of methoxy groups -OCH3 is 1. The van der Waals surface area contributed by atoms with Gasteiger partial charge >= 0.3 is 0 Å². The molecule has 0 aliphatic rings. The van der Waals surface area contributed by atoms with Gasteiger partial charge in [0.25, 0.3) is 0 Å². The van der Waals surface area contributed by atoms with Crippen LogP contribution >= 0.6 is 0 Å². The van der Waals surface area contributed by atoms with Crippen LogP contribution in [0.25, 0.3) is 0 Å². The molecule has 94 valence electrons. The van der Waals surface area contributed by atoms with Crippen LogP contribution in [0.4, 0.5) is 0 Å². The molecule has 0 spiro atoms. The van der Waals surface area contributed by atoms with Gasteiger partial charge in [-0.25, -0.2) is 9.67 Å². The van der Waals surface area contributed by atoms with E-state index >= 15 is 0 Å². The van der Waals surface area contributed by atoms with Gasteiger partial charge in [-0.15, -0.1) is 0 Å².